The van der Waals surface area contributed by atoms with Gasteiger partial charge in [0, 0.05) is 0 Å². The maximum atomic E-state index is 6.34. The van der Waals surface area contributed by atoms with E-state index in [1.165, 1.54) is 77.0 Å². The molecule has 2 rings (SSSR count). The van der Waals surface area contributed by atoms with Gasteiger partial charge in [-0.1, -0.05) is 90.2 Å². The van der Waals surface area contributed by atoms with Crippen LogP contribution in [0, 0.1) is 0 Å². The number of ether oxygens (including phenoxy) is 2. The topological polar surface area (TPSA) is 18.5 Å². The molecule has 0 bridgehead atoms. The molecule has 0 fully saturated rings. The Hall–Kier alpha value is -1.18. The average molecular weight is 361 g/mol. The highest BCUT2D eigenvalue weighted by Crippen LogP contribution is 2.36. The van der Waals surface area contributed by atoms with Crippen LogP contribution in [0.2, 0.25) is 0 Å². The fraction of sp³-hybridized carbons (Fsp3) is 0.750. The first-order valence-electron chi connectivity index (χ1n) is 11.3. The van der Waals surface area contributed by atoms with E-state index in [2.05, 4.69) is 13.8 Å². The number of benzene rings is 1. The van der Waals surface area contributed by atoms with E-state index in [0.29, 0.717) is 0 Å². The van der Waals surface area contributed by atoms with Gasteiger partial charge in [-0.25, -0.2) is 0 Å². The fourth-order valence-corrected chi connectivity index (χ4v) is 3.86. The molecule has 0 radical (unpaired) electrons. The Bertz CT molecular complexity index is 428. The summed E-state index contributed by atoms with van der Waals surface area (Å²) in [5.41, 5.74) is 0. The highest BCUT2D eigenvalue weighted by atomic mass is 16.6. The molecule has 2 atom stereocenters. The van der Waals surface area contributed by atoms with Gasteiger partial charge in [0.1, 0.15) is 12.2 Å². The first-order valence-corrected chi connectivity index (χ1v) is 11.3. The van der Waals surface area contributed by atoms with Crippen LogP contribution in [-0.4, -0.2) is 12.2 Å². The third-order valence-electron chi connectivity index (χ3n) is 5.50. The lowest BCUT2D eigenvalue weighted by Gasteiger charge is -2.34. The molecule has 26 heavy (non-hydrogen) atoms. The third-order valence-corrected chi connectivity index (χ3v) is 5.50. The molecule has 1 aromatic carbocycles. The van der Waals surface area contributed by atoms with E-state index in [9.17, 15) is 0 Å². The lowest BCUT2D eigenvalue weighted by atomic mass is 9.98. The van der Waals surface area contributed by atoms with Crippen molar-refractivity contribution in [2.45, 2.75) is 116 Å². The zero-order chi connectivity index (χ0) is 18.5. The molecular formula is C24H40O2. The van der Waals surface area contributed by atoms with Crippen LogP contribution in [0.1, 0.15) is 104 Å². The summed E-state index contributed by atoms with van der Waals surface area (Å²) in [7, 11) is 0. The summed E-state index contributed by atoms with van der Waals surface area (Å²) in [6.07, 6.45) is 18.7. The minimum Gasteiger partial charge on any atom is -0.483 e. The van der Waals surface area contributed by atoms with E-state index in [1.54, 1.807) is 0 Å². The minimum atomic E-state index is 0.228. The number of rotatable bonds is 14. The van der Waals surface area contributed by atoms with Crippen molar-refractivity contribution < 1.29 is 9.47 Å². The number of para-hydroxylation sites is 2. The Labute approximate surface area is 161 Å². The molecular weight excluding hydrogens is 320 g/mol. The number of hydrogen-bond acceptors (Lipinski definition) is 2. The van der Waals surface area contributed by atoms with Crippen molar-refractivity contribution in [1.82, 2.24) is 0 Å². The summed E-state index contributed by atoms with van der Waals surface area (Å²) in [5.74, 6) is 1.87. The Morgan fingerprint density at radius 1 is 0.577 bits per heavy atom. The van der Waals surface area contributed by atoms with E-state index in [-0.39, 0.29) is 12.2 Å². The highest BCUT2D eigenvalue weighted by Gasteiger charge is 2.30. The molecule has 2 unspecified atom stereocenters. The van der Waals surface area contributed by atoms with Crippen LogP contribution in [-0.2, 0) is 0 Å². The molecule has 1 aliphatic heterocycles. The highest BCUT2D eigenvalue weighted by molar-refractivity contribution is 5.41. The quantitative estimate of drug-likeness (QED) is 0.316. The van der Waals surface area contributed by atoms with Crippen molar-refractivity contribution in [3.8, 4) is 11.5 Å². The van der Waals surface area contributed by atoms with E-state index in [0.717, 1.165) is 24.3 Å². The van der Waals surface area contributed by atoms with Crippen LogP contribution in [0.15, 0.2) is 24.3 Å². The van der Waals surface area contributed by atoms with Crippen molar-refractivity contribution in [2.24, 2.45) is 0 Å². The normalized spacial score (nSPS) is 18.8. The van der Waals surface area contributed by atoms with Gasteiger partial charge in [0.2, 0.25) is 0 Å². The minimum absolute atomic E-state index is 0.228. The zero-order valence-electron chi connectivity index (χ0n) is 17.2. The number of fused-ring (bicyclic) bond motifs is 1. The molecule has 2 heteroatoms. The van der Waals surface area contributed by atoms with Gasteiger partial charge in [-0.15, -0.1) is 0 Å². The van der Waals surface area contributed by atoms with Gasteiger partial charge in [0.25, 0.3) is 0 Å². The van der Waals surface area contributed by atoms with Crippen LogP contribution in [0.25, 0.3) is 0 Å². The fourth-order valence-electron chi connectivity index (χ4n) is 3.86. The van der Waals surface area contributed by atoms with Gasteiger partial charge in [-0.2, -0.15) is 0 Å². The maximum absolute atomic E-state index is 6.34. The first kappa shape index (κ1) is 21.1. The molecule has 0 aromatic heterocycles. The smallest absolute Gasteiger partial charge is 0.161 e. The summed E-state index contributed by atoms with van der Waals surface area (Å²) in [6, 6.07) is 8.17. The average Bonchev–Trinajstić information content (AvgIpc) is 2.67. The van der Waals surface area contributed by atoms with E-state index >= 15 is 0 Å². The van der Waals surface area contributed by atoms with Crippen LogP contribution in [0.3, 0.4) is 0 Å². The second-order valence-electron chi connectivity index (χ2n) is 7.87. The van der Waals surface area contributed by atoms with E-state index in [4.69, 9.17) is 9.47 Å². The number of hydrogen-bond donors (Lipinski definition) is 0. The molecule has 0 N–H and O–H groups in total. The Morgan fingerprint density at radius 3 is 1.38 bits per heavy atom. The van der Waals surface area contributed by atoms with Crippen LogP contribution in [0.4, 0.5) is 0 Å². The lowest BCUT2D eigenvalue weighted by molar-refractivity contribution is 0.00883. The summed E-state index contributed by atoms with van der Waals surface area (Å²) in [6.45, 7) is 4.55. The van der Waals surface area contributed by atoms with Gasteiger partial charge in [-0.3, -0.25) is 0 Å². The molecule has 1 aliphatic rings. The molecule has 2 nitrogen and oxygen atoms in total. The molecule has 0 saturated carbocycles. The lowest BCUT2D eigenvalue weighted by Crippen LogP contribution is -2.39. The Morgan fingerprint density at radius 2 is 0.962 bits per heavy atom. The zero-order valence-corrected chi connectivity index (χ0v) is 17.2. The standard InChI is InChI=1S/C24H40O2/c1-3-5-7-9-11-13-17-21-22(18-14-12-10-8-6-4-2)26-24-20-16-15-19-23(24)25-21/h15-16,19-22H,3-14,17-18H2,1-2H3. The SMILES string of the molecule is CCCCCCCCC1Oc2ccccc2OC1CCCCCCCC. The molecule has 148 valence electrons. The van der Waals surface area contributed by atoms with Crippen molar-refractivity contribution in [2.75, 3.05) is 0 Å². The van der Waals surface area contributed by atoms with Crippen molar-refractivity contribution >= 4 is 0 Å². The van der Waals surface area contributed by atoms with Gasteiger partial charge < -0.3 is 9.47 Å². The molecule has 0 spiro atoms. The van der Waals surface area contributed by atoms with Gasteiger partial charge in [0.15, 0.2) is 11.5 Å². The molecule has 0 aliphatic carbocycles. The van der Waals surface area contributed by atoms with Crippen LogP contribution in [0.5, 0.6) is 11.5 Å². The van der Waals surface area contributed by atoms with E-state index < -0.39 is 0 Å². The summed E-state index contributed by atoms with van der Waals surface area (Å²) < 4.78 is 12.7. The third kappa shape index (κ3) is 7.60. The predicted octanol–water partition coefficient (Wildman–Crippen LogP) is 7.70. The summed E-state index contributed by atoms with van der Waals surface area (Å²) in [5, 5.41) is 0. The van der Waals surface area contributed by atoms with Crippen LogP contribution >= 0.6 is 0 Å². The first-order chi connectivity index (χ1) is 12.8. The molecule has 0 saturated heterocycles. The number of unbranched alkanes of at least 4 members (excludes halogenated alkanes) is 10. The maximum Gasteiger partial charge on any atom is 0.161 e. The van der Waals surface area contributed by atoms with Crippen molar-refractivity contribution in [1.29, 1.82) is 0 Å². The molecule has 0 amide bonds. The Kier molecular flexibility index (Phi) is 10.6. The summed E-state index contributed by atoms with van der Waals surface area (Å²) in [4.78, 5) is 0. The van der Waals surface area contributed by atoms with E-state index in [1.807, 2.05) is 24.3 Å². The van der Waals surface area contributed by atoms with Gasteiger partial charge in [0.05, 0.1) is 0 Å². The summed E-state index contributed by atoms with van der Waals surface area (Å²) >= 11 is 0. The molecule has 1 heterocycles. The Balaban J connectivity index is 1.77. The van der Waals surface area contributed by atoms with Crippen molar-refractivity contribution in [3.63, 3.8) is 0 Å². The largest absolute Gasteiger partial charge is 0.483 e. The molecule has 1 aromatic rings. The predicted molar refractivity (Wildman–Crippen MR) is 111 cm³/mol. The van der Waals surface area contributed by atoms with Crippen LogP contribution < -0.4 is 9.47 Å². The van der Waals surface area contributed by atoms with Gasteiger partial charge in [-0.05, 0) is 37.8 Å². The second-order valence-corrected chi connectivity index (χ2v) is 7.87. The van der Waals surface area contributed by atoms with Crippen molar-refractivity contribution in [3.05, 3.63) is 24.3 Å². The second kappa shape index (κ2) is 13.1. The monoisotopic (exact) mass is 360 g/mol. The van der Waals surface area contributed by atoms with Gasteiger partial charge >= 0.3 is 0 Å².